The smallest absolute Gasteiger partial charge is 0.319 e. The van der Waals surface area contributed by atoms with E-state index in [1.165, 1.54) is 0 Å². The minimum atomic E-state index is -0.262. The van der Waals surface area contributed by atoms with E-state index in [0.717, 1.165) is 19.3 Å². The van der Waals surface area contributed by atoms with Crippen LogP contribution in [0.5, 0.6) is 0 Å². The Hall–Kier alpha value is -2.44. The molecule has 1 aliphatic carbocycles. The van der Waals surface area contributed by atoms with Gasteiger partial charge in [-0.15, -0.1) is 0 Å². The molecule has 0 unspecified atom stereocenters. The molecule has 2 aromatic rings. The Balaban J connectivity index is 1.55. The van der Waals surface area contributed by atoms with Crippen LogP contribution in [0, 0.1) is 10.8 Å². The Morgan fingerprint density at radius 2 is 1.34 bits per heavy atom. The third kappa shape index (κ3) is 7.31. The Morgan fingerprint density at radius 3 is 1.88 bits per heavy atom. The van der Waals surface area contributed by atoms with E-state index in [1.807, 2.05) is 0 Å². The van der Waals surface area contributed by atoms with E-state index in [-0.39, 0.29) is 28.9 Å². The first-order valence-electron chi connectivity index (χ1n) is 10.7. The summed E-state index contributed by atoms with van der Waals surface area (Å²) in [6, 6.07) is 13.5. The SMILES string of the molecule is CC1(C)C[C@@H](NC(=O)Nc2ccc(Cl)cc2)C[C@@](C)(CNC(=O)Nc2ccc(Cl)cc2)C1. The quantitative estimate of drug-likeness (QED) is 0.395. The van der Waals surface area contributed by atoms with Crippen molar-refractivity contribution in [2.75, 3.05) is 17.2 Å². The van der Waals surface area contributed by atoms with Gasteiger partial charge in [-0.05, 0) is 78.6 Å². The largest absolute Gasteiger partial charge is 0.337 e. The second kappa shape index (κ2) is 10.0. The lowest BCUT2D eigenvalue weighted by atomic mass is 9.62. The summed E-state index contributed by atoms with van der Waals surface area (Å²) in [5, 5.41) is 13.0. The van der Waals surface area contributed by atoms with Gasteiger partial charge in [0.05, 0.1) is 0 Å². The number of amides is 4. The van der Waals surface area contributed by atoms with Gasteiger partial charge in [0.25, 0.3) is 0 Å². The molecule has 1 saturated carbocycles. The highest BCUT2D eigenvalue weighted by Crippen LogP contribution is 2.45. The van der Waals surface area contributed by atoms with Crippen molar-refractivity contribution in [2.24, 2.45) is 10.8 Å². The summed E-state index contributed by atoms with van der Waals surface area (Å²) in [6.07, 6.45) is 2.58. The zero-order chi connectivity index (χ0) is 23.4. The number of rotatable bonds is 5. The van der Waals surface area contributed by atoms with Crippen LogP contribution in [0.2, 0.25) is 10.0 Å². The highest BCUT2D eigenvalue weighted by atomic mass is 35.5. The zero-order valence-corrected chi connectivity index (χ0v) is 20.1. The molecule has 3 rings (SSSR count). The van der Waals surface area contributed by atoms with Crippen molar-refractivity contribution in [1.29, 1.82) is 0 Å². The standard InChI is InChI=1S/C24H30Cl2N4O2/c1-23(2)12-20(30-22(32)29-19-10-6-17(26)7-11-19)13-24(3,14-23)15-27-21(31)28-18-8-4-16(25)5-9-18/h4-11,20H,12-15H2,1-3H3,(H2,27,28,31)(H2,29,30,32)/t20-,24-/m1/s1. The maximum Gasteiger partial charge on any atom is 0.319 e. The molecule has 0 saturated heterocycles. The van der Waals surface area contributed by atoms with Crippen molar-refractivity contribution >= 4 is 46.6 Å². The van der Waals surface area contributed by atoms with Crippen LogP contribution in [0.3, 0.4) is 0 Å². The number of benzene rings is 2. The maximum atomic E-state index is 12.5. The number of halogens is 2. The van der Waals surface area contributed by atoms with Gasteiger partial charge in [-0.1, -0.05) is 44.0 Å². The predicted octanol–water partition coefficient (Wildman–Crippen LogP) is 6.52. The van der Waals surface area contributed by atoms with Gasteiger partial charge in [-0.3, -0.25) is 0 Å². The highest BCUT2D eigenvalue weighted by Gasteiger charge is 2.41. The summed E-state index contributed by atoms with van der Waals surface area (Å²) < 4.78 is 0. The third-order valence-corrected chi connectivity index (χ3v) is 6.16. The number of hydrogen-bond acceptors (Lipinski definition) is 2. The molecule has 2 aromatic carbocycles. The molecular weight excluding hydrogens is 447 g/mol. The first-order valence-corrected chi connectivity index (χ1v) is 11.4. The lowest BCUT2D eigenvalue weighted by Crippen LogP contribution is -2.51. The van der Waals surface area contributed by atoms with E-state index >= 15 is 0 Å². The number of carbonyl (C=O) groups is 2. The Kier molecular flexibility index (Phi) is 7.57. The van der Waals surface area contributed by atoms with Crippen molar-refractivity contribution in [2.45, 2.75) is 46.1 Å². The van der Waals surface area contributed by atoms with Crippen LogP contribution in [0.25, 0.3) is 0 Å². The molecule has 0 aliphatic heterocycles. The van der Waals surface area contributed by atoms with Crippen molar-refractivity contribution in [3.63, 3.8) is 0 Å². The summed E-state index contributed by atoms with van der Waals surface area (Å²) in [5.74, 6) is 0. The molecule has 0 aromatic heterocycles. The molecule has 0 spiro atoms. The maximum absolute atomic E-state index is 12.5. The van der Waals surface area contributed by atoms with Crippen molar-refractivity contribution in [3.8, 4) is 0 Å². The van der Waals surface area contributed by atoms with E-state index < -0.39 is 0 Å². The number of anilines is 2. The van der Waals surface area contributed by atoms with Gasteiger partial charge in [0, 0.05) is 34.0 Å². The molecule has 172 valence electrons. The predicted molar refractivity (Wildman–Crippen MR) is 132 cm³/mol. The van der Waals surface area contributed by atoms with Gasteiger partial charge in [-0.25, -0.2) is 9.59 Å². The molecule has 32 heavy (non-hydrogen) atoms. The molecule has 1 fully saturated rings. The lowest BCUT2D eigenvalue weighted by molar-refractivity contribution is 0.0761. The lowest BCUT2D eigenvalue weighted by Gasteiger charge is -2.46. The summed E-state index contributed by atoms with van der Waals surface area (Å²) in [4.78, 5) is 24.9. The topological polar surface area (TPSA) is 82.3 Å². The summed E-state index contributed by atoms with van der Waals surface area (Å²) in [6.45, 7) is 7.06. The fraction of sp³-hybridized carbons (Fsp3) is 0.417. The van der Waals surface area contributed by atoms with Crippen LogP contribution in [-0.2, 0) is 0 Å². The molecule has 1 aliphatic rings. The van der Waals surface area contributed by atoms with E-state index in [2.05, 4.69) is 42.0 Å². The monoisotopic (exact) mass is 476 g/mol. The van der Waals surface area contributed by atoms with Crippen molar-refractivity contribution < 1.29 is 9.59 Å². The average Bonchev–Trinajstić information content (AvgIpc) is 2.68. The summed E-state index contributed by atoms with van der Waals surface area (Å²) in [7, 11) is 0. The van der Waals surface area contributed by atoms with Crippen LogP contribution in [0.15, 0.2) is 48.5 Å². The Morgan fingerprint density at radius 1 is 0.844 bits per heavy atom. The molecule has 0 bridgehead atoms. The van der Waals surface area contributed by atoms with Crippen LogP contribution in [0.1, 0.15) is 40.0 Å². The van der Waals surface area contributed by atoms with E-state index in [1.54, 1.807) is 48.5 Å². The zero-order valence-electron chi connectivity index (χ0n) is 18.6. The number of urea groups is 2. The molecule has 0 radical (unpaired) electrons. The minimum Gasteiger partial charge on any atom is -0.337 e. The van der Waals surface area contributed by atoms with Crippen LogP contribution in [0.4, 0.5) is 21.0 Å². The van der Waals surface area contributed by atoms with Crippen LogP contribution < -0.4 is 21.3 Å². The van der Waals surface area contributed by atoms with Gasteiger partial charge in [0.2, 0.25) is 0 Å². The van der Waals surface area contributed by atoms with Gasteiger partial charge < -0.3 is 21.3 Å². The Labute approximate surface area is 199 Å². The number of carbonyl (C=O) groups excluding carboxylic acids is 2. The fourth-order valence-corrected chi connectivity index (χ4v) is 5.01. The third-order valence-electron chi connectivity index (χ3n) is 5.66. The normalized spacial score (nSPS) is 22.0. The average molecular weight is 477 g/mol. The van der Waals surface area contributed by atoms with Gasteiger partial charge in [0.1, 0.15) is 0 Å². The molecule has 0 heterocycles. The minimum absolute atomic E-state index is 0.00261. The molecule has 2 atom stereocenters. The van der Waals surface area contributed by atoms with E-state index in [0.29, 0.717) is 28.0 Å². The van der Waals surface area contributed by atoms with Crippen LogP contribution in [-0.4, -0.2) is 24.6 Å². The first kappa shape index (κ1) is 24.2. The van der Waals surface area contributed by atoms with Crippen molar-refractivity contribution in [1.82, 2.24) is 10.6 Å². The second-order valence-electron chi connectivity index (χ2n) is 9.68. The molecule has 4 amide bonds. The number of hydrogen-bond donors (Lipinski definition) is 4. The molecule has 8 heteroatoms. The van der Waals surface area contributed by atoms with Gasteiger partial charge >= 0.3 is 12.1 Å². The molecule has 4 N–H and O–H groups in total. The Bertz CT molecular complexity index is 947. The number of nitrogens with one attached hydrogen (secondary N) is 4. The summed E-state index contributed by atoms with van der Waals surface area (Å²) in [5.41, 5.74) is 1.24. The van der Waals surface area contributed by atoms with Gasteiger partial charge in [-0.2, -0.15) is 0 Å². The molecular formula is C24H30Cl2N4O2. The van der Waals surface area contributed by atoms with Crippen LogP contribution >= 0.6 is 23.2 Å². The van der Waals surface area contributed by atoms with E-state index in [9.17, 15) is 9.59 Å². The van der Waals surface area contributed by atoms with E-state index in [4.69, 9.17) is 23.2 Å². The fourth-order valence-electron chi connectivity index (χ4n) is 4.76. The first-order chi connectivity index (χ1) is 15.0. The van der Waals surface area contributed by atoms with Crippen molar-refractivity contribution in [3.05, 3.63) is 58.6 Å². The summed E-state index contributed by atoms with van der Waals surface area (Å²) >= 11 is 11.8. The highest BCUT2D eigenvalue weighted by molar-refractivity contribution is 6.30. The molecule has 6 nitrogen and oxygen atoms in total. The van der Waals surface area contributed by atoms with Gasteiger partial charge in [0.15, 0.2) is 0 Å². The second-order valence-corrected chi connectivity index (χ2v) is 10.5.